The normalized spacial score (nSPS) is 14.1. The van der Waals surface area contributed by atoms with Crippen LogP contribution in [0.3, 0.4) is 0 Å². The molecule has 3 heterocycles. The van der Waals surface area contributed by atoms with Gasteiger partial charge in [0.15, 0.2) is 12.2 Å². The van der Waals surface area contributed by atoms with E-state index in [2.05, 4.69) is 45.1 Å². The van der Waals surface area contributed by atoms with Gasteiger partial charge in [0, 0.05) is 43.6 Å². The number of nitrogens with zero attached hydrogens (tertiary/aromatic N) is 3. The summed E-state index contributed by atoms with van der Waals surface area (Å²) in [5, 5.41) is 16.5. The molecule has 0 fully saturated rings. The first-order chi connectivity index (χ1) is 17.4. The summed E-state index contributed by atoms with van der Waals surface area (Å²) in [6.07, 6.45) is 5.58. The number of aliphatic hydroxyl groups excluding tert-OH is 1. The summed E-state index contributed by atoms with van der Waals surface area (Å²) >= 11 is 0. The van der Waals surface area contributed by atoms with Crippen LogP contribution in [-0.2, 0) is 19.6 Å². The van der Waals surface area contributed by atoms with Crippen molar-refractivity contribution in [2.45, 2.75) is 45.9 Å². The molecule has 1 atom stereocenters. The Balaban J connectivity index is 1.27. The molecule has 0 saturated carbocycles. The molecule has 3 N–H and O–H groups in total. The summed E-state index contributed by atoms with van der Waals surface area (Å²) < 4.78 is 11.2. The van der Waals surface area contributed by atoms with Crippen LogP contribution in [0.1, 0.15) is 46.2 Å². The molecule has 1 aliphatic heterocycles. The van der Waals surface area contributed by atoms with Crippen LogP contribution < -0.4 is 15.4 Å². The number of oxazole rings is 1. The Morgan fingerprint density at radius 2 is 2.22 bits per heavy atom. The van der Waals surface area contributed by atoms with Crippen LogP contribution in [0.25, 0.3) is 0 Å². The highest BCUT2D eigenvalue weighted by Gasteiger charge is 2.22. The molecular weight excluding hydrogens is 458 g/mol. The van der Waals surface area contributed by atoms with E-state index in [1.807, 2.05) is 13.0 Å². The predicted octanol–water partition coefficient (Wildman–Crippen LogP) is 3.44. The molecule has 1 aliphatic rings. The number of rotatable bonds is 11. The number of aromatic nitrogens is 2. The van der Waals surface area contributed by atoms with Gasteiger partial charge in [-0.05, 0) is 54.7 Å². The van der Waals surface area contributed by atoms with Crippen molar-refractivity contribution in [2.75, 3.05) is 25.0 Å². The summed E-state index contributed by atoms with van der Waals surface area (Å²) in [7, 11) is 0. The van der Waals surface area contributed by atoms with Crippen molar-refractivity contribution in [3.8, 4) is 5.75 Å². The summed E-state index contributed by atoms with van der Waals surface area (Å²) in [4.78, 5) is 22.9. The average Bonchev–Trinajstić information content (AvgIpc) is 3.41. The van der Waals surface area contributed by atoms with Crippen molar-refractivity contribution in [1.29, 1.82) is 0 Å². The molecule has 0 saturated heterocycles. The lowest BCUT2D eigenvalue weighted by molar-refractivity contribution is 0.0841. The monoisotopic (exact) mass is 491 g/mol. The van der Waals surface area contributed by atoms with Gasteiger partial charge < -0.3 is 24.9 Å². The standard InChI is InChI=1S/C27H33N5O4/c1-4-18(2)31-26-11-20(7-9-29-26)27(34)30-12-22(33)15-32-10-8-24-19(3)25(6-5-21(24)14-32)35-16-23-13-28-17-36-23/h5-7,9,11,13,17,22,33H,2,4,8,10,12,14-16H2,1,3H3,(H,29,31)(H,30,34)/t22-/m0/s1. The second kappa shape index (κ2) is 11.8. The summed E-state index contributed by atoms with van der Waals surface area (Å²) in [5.41, 5.74) is 4.95. The number of pyridine rings is 1. The SMILES string of the molecule is C=C(CC)Nc1cc(C(=O)NC[C@H](O)CN2CCc3c(ccc(OCc4cnco4)c3C)C2)ccn1. The Hall–Kier alpha value is -3.69. The second-order valence-corrected chi connectivity index (χ2v) is 8.94. The van der Waals surface area contributed by atoms with Crippen LogP contribution in [0.5, 0.6) is 5.75 Å². The van der Waals surface area contributed by atoms with Crippen LogP contribution in [0.4, 0.5) is 5.82 Å². The lowest BCUT2D eigenvalue weighted by Crippen LogP contribution is -2.42. The number of anilines is 1. The van der Waals surface area contributed by atoms with E-state index in [0.29, 0.717) is 30.3 Å². The Morgan fingerprint density at radius 3 is 3.00 bits per heavy atom. The number of hydrogen-bond donors (Lipinski definition) is 3. The molecule has 36 heavy (non-hydrogen) atoms. The Morgan fingerprint density at radius 1 is 1.36 bits per heavy atom. The van der Waals surface area contributed by atoms with Gasteiger partial charge in [-0.1, -0.05) is 19.6 Å². The maximum absolute atomic E-state index is 12.6. The number of allylic oxidation sites excluding steroid dienone is 1. The number of carbonyl (C=O) groups is 1. The van der Waals surface area contributed by atoms with E-state index in [1.54, 1.807) is 24.5 Å². The van der Waals surface area contributed by atoms with E-state index in [4.69, 9.17) is 9.15 Å². The molecule has 4 rings (SSSR count). The summed E-state index contributed by atoms with van der Waals surface area (Å²) in [5.74, 6) is 1.85. The lowest BCUT2D eigenvalue weighted by Gasteiger charge is -2.31. The smallest absolute Gasteiger partial charge is 0.251 e. The predicted molar refractivity (Wildman–Crippen MR) is 137 cm³/mol. The number of aliphatic hydroxyl groups is 1. The number of benzene rings is 1. The molecule has 1 aromatic carbocycles. The number of carbonyl (C=O) groups excluding carboxylic acids is 1. The minimum Gasteiger partial charge on any atom is -0.485 e. The molecule has 1 amide bonds. The number of β-amino-alcohol motifs (C(OH)–C–C–N with tert-alkyl or cyclic N) is 1. The lowest BCUT2D eigenvalue weighted by atomic mass is 9.94. The van der Waals surface area contributed by atoms with Crippen LogP contribution >= 0.6 is 0 Å². The Bertz CT molecular complexity index is 1190. The molecule has 9 nitrogen and oxygen atoms in total. The maximum atomic E-state index is 12.6. The molecule has 0 spiro atoms. The van der Waals surface area contributed by atoms with E-state index in [1.165, 1.54) is 17.5 Å². The van der Waals surface area contributed by atoms with Crippen LogP contribution in [0, 0.1) is 6.92 Å². The summed E-state index contributed by atoms with van der Waals surface area (Å²) in [6.45, 7) is 10.5. The van der Waals surface area contributed by atoms with Gasteiger partial charge in [0.2, 0.25) is 0 Å². The Kier molecular flexibility index (Phi) is 8.35. The minimum atomic E-state index is -0.680. The molecule has 3 aromatic rings. The molecule has 0 radical (unpaired) electrons. The third-order valence-corrected chi connectivity index (χ3v) is 6.29. The second-order valence-electron chi connectivity index (χ2n) is 8.94. The fraction of sp³-hybridized carbons (Fsp3) is 0.370. The highest BCUT2D eigenvalue weighted by atomic mass is 16.5. The van der Waals surface area contributed by atoms with Crippen molar-refractivity contribution in [2.24, 2.45) is 0 Å². The largest absolute Gasteiger partial charge is 0.485 e. The van der Waals surface area contributed by atoms with Gasteiger partial charge in [0.1, 0.15) is 18.2 Å². The number of nitrogens with one attached hydrogen (secondary N) is 2. The first-order valence-electron chi connectivity index (χ1n) is 12.1. The van der Waals surface area contributed by atoms with E-state index in [9.17, 15) is 9.90 Å². The number of fused-ring (bicyclic) bond motifs is 1. The van der Waals surface area contributed by atoms with Crippen LogP contribution in [0.15, 0.2) is 59.7 Å². The van der Waals surface area contributed by atoms with Crippen molar-refractivity contribution in [3.05, 3.63) is 83.3 Å². The molecule has 0 unspecified atom stereocenters. The quantitative estimate of drug-likeness (QED) is 0.374. The molecule has 2 aromatic heterocycles. The minimum absolute atomic E-state index is 0.169. The van der Waals surface area contributed by atoms with Gasteiger partial charge in [-0.2, -0.15) is 0 Å². The zero-order chi connectivity index (χ0) is 25.5. The van der Waals surface area contributed by atoms with Gasteiger partial charge in [-0.15, -0.1) is 0 Å². The zero-order valence-corrected chi connectivity index (χ0v) is 20.8. The van der Waals surface area contributed by atoms with Crippen molar-refractivity contribution in [1.82, 2.24) is 20.2 Å². The van der Waals surface area contributed by atoms with E-state index in [0.717, 1.165) is 42.9 Å². The number of ether oxygens (including phenoxy) is 1. The van der Waals surface area contributed by atoms with Gasteiger partial charge >= 0.3 is 0 Å². The van der Waals surface area contributed by atoms with E-state index in [-0.39, 0.29) is 12.5 Å². The van der Waals surface area contributed by atoms with Gasteiger partial charge in [-0.25, -0.2) is 9.97 Å². The zero-order valence-electron chi connectivity index (χ0n) is 20.8. The third kappa shape index (κ3) is 6.50. The van der Waals surface area contributed by atoms with Crippen LogP contribution in [0.2, 0.25) is 0 Å². The molecule has 0 bridgehead atoms. The Labute approximate surface area is 211 Å². The molecular formula is C27H33N5O4. The fourth-order valence-corrected chi connectivity index (χ4v) is 4.24. The van der Waals surface area contributed by atoms with E-state index >= 15 is 0 Å². The van der Waals surface area contributed by atoms with Crippen molar-refractivity contribution >= 4 is 11.7 Å². The van der Waals surface area contributed by atoms with Gasteiger partial charge in [-0.3, -0.25) is 9.69 Å². The number of amides is 1. The third-order valence-electron chi connectivity index (χ3n) is 6.29. The van der Waals surface area contributed by atoms with Crippen molar-refractivity contribution in [3.63, 3.8) is 0 Å². The molecule has 190 valence electrons. The van der Waals surface area contributed by atoms with Gasteiger partial charge in [0.25, 0.3) is 5.91 Å². The van der Waals surface area contributed by atoms with Crippen molar-refractivity contribution < 1.29 is 19.1 Å². The number of hydrogen-bond acceptors (Lipinski definition) is 8. The van der Waals surface area contributed by atoms with E-state index < -0.39 is 6.10 Å². The average molecular weight is 492 g/mol. The maximum Gasteiger partial charge on any atom is 0.251 e. The first-order valence-corrected chi connectivity index (χ1v) is 12.1. The summed E-state index contributed by atoms with van der Waals surface area (Å²) in [6, 6.07) is 7.39. The first kappa shape index (κ1) is 25.4. The van der Waals surface area contributed by atoms with Crippen LogP contribution in [-0.4, -0.2) is 51.6 Å². The highest BCUT2D eigenvalue weighted by molar-refractivity contribution is 5.94. The molecule has 0 aliphatic carbocycles. The molecule has 9 heteroatoms. The highest BCUT2D eigenvalue weighted by Crippen LogP contribution is 2.29. The van der Waals surface area contributed by atoms with Gasteiger partial charge in [0.05, 0.1) is 12.3 Å². The topological polar surface area (TPSA) is 113 Å². The fourth-order valence-electron chi connectivity index (χ4n) is 4.24.